The standard InChI is InChI=1S/C17H24N4O7/c1-3-13(23)20-12(17(27)19-11(2)22)10-14(24)18-6-8-28-9-7-21-15(25)4-5-16(21)26/h4-5,12H,3,6-10H2,1-2H3,(H,18,24)(H,20,23)(H,19,22,27). The summed E-state index contributed by atoms with van der Waals surface area (Å²) < 4.78 is 5.25. The number of imide groups is 2. The maximum absolute atomic E-state index is 12.0. The van der Waals surface area contributed by atoms with Crippen LogP contribution in [0.3, 0.4) is 0 Å². The quantitative estimate of drug-likeness (QED) is 0.270. The Balaban J connectivity index is 2.30. The van der Waals surface area contributed by atoms with E-state index in [1.165, 1.54) is 12.2 Å². The molecular weight excluding hydrogens is 372 g/mol. The van der Waals surface area contributed by atoms with Crippen LogP contribution in [0.2, 0.25) is 0 Å². The molecule has 1 rings (SSSR count). The van der Waals surface area contributed by atoms with Crippen molar-refractivity contribution in [3.05, 3.63) is 12.2 Å². The van der Waals surface area contributed by atoms with Gasteiger partial charge >= 0.3 is 0 Å². The highest BCUT2D eigenvalue weighted by Gasteiger charge is 2.24. The Morgan fingerprint density at radius 3 is 2.29 bits per heavy atom. The molecule has 6 amide bonds. The van der Waals surface area contributed by atoms with Crippen molar-refractivity contribution in [1.82, 2.24) is 20.9 Å². The average molecular weight is 396 g/mol. The van der Waals surface area contributed by atoms with Gasteiger partial charge in [0, 0.05) is 32.0 Å². The van der Waals surface area contributed by atoms with E-state index in [9.17, 15) is 28.8 Å². The molecule has 11 nitrogen and oxygen atoms in total. The van der Waals surface area contributed by atoms with Crippen LogP contribution >= 0.6 is 0 Å². The van der Waals surface area contributed by atoms with Gasteiger partial charge in [0.05, 0.1) is 26.2 Å². The third kappa shape index (κ3) is 8.08. The second kappa shape index (κ2) is 11.6. The second-order valence-corrected chi connectivity index (χ2v) is 5.85. The number of hydrogen-bond donors (Lipinski definition) is 3. The van der Waals surface area contributed by atoms with Crippen LogP contribution in [0, 0.1) is 0 Å². The first-order valence-electron chi connectivity index (χ1n) is 8.73. The molecule has 154 valence electrons. The average Bonchev–Trinajstić information content (AvgIpc) is 2.94. The highest BCUT2D eigenvalue weighted by atomic mass is 16.5. The molecule has 1 atom stereocenters. The lowest BCUT2D eigenvalue weighted by Crippen LogP contribution is -2.50. The molecule has 0 bridgehead atoms. The predicted octanol–water partition coefficient (Wildman–Crippen LogP) is -2.01. The molecule has 1 unspecified atom stereocenters. The van der Waals surface area contributed by atoms with Gasteiger partial charge in [0.15, 0.2) is 0 Å². The van der Waals surface area contributed by atoms with Crippen molar-refractivity contribution >= 4 is 35.4 Å². The number of ether oxygens (including phenoxy) is 1. The Bertz CT molecular complexity index is 656. The molecule has 3 N–H and O–H groups in total. The van der Waals surface area contributed by atoms with Crippen molar-refractivity contribution in [3.63, 3.8) is 0 Å². The van der Waals surface area contributed by atoms with E-state index < -0.39 is 41.5 Å². The number of nitrogens with one attached hydrogen (secondary N) is 3. The van der Waals surface area contributed by atoms with Gasteiger partial charge in [0.2, 0.25) is 23.6 Å². The molecule has 0 saturated heterocycles. The van der Waals surface area contributed by atoms with Crippen molar-refractivity contribution in [2.75, 3.05) is 26.3 Å². The van der Waals surface area contributed by atoms with E-state index in [2.05, 4.69) is 10.6 Å². The Hall–Kier alpha value is -3.08. The van der Waals surface area contributed by atoms with Gasteiger partial charge in [-0.25, -0.2) is 0 Å². The van der Waals surface area contributed by atoms with E-state index in [1.807, 2.05) is 5.32 Å². The molecular formula is C17H24N4O7. The van der Waals surface area contributed by atoms with Crippen molar-refractivity contribution in [1.29, 1.82) is 0 Å². The first kappa shape index (κ1) is 23.0. The first-order valence-corrected chi connectivity index (χ1v) is 8.73. The topological polar surface area (TPSA) is 151 Å². The highest BCUT2D eigenvalue weighted by molar-refractivity contribution is 6.12. The third-order valence-corrected chi connectivity index (χ3v) is 3.59. The SMILES string of the molecule is CCC(=O)NC(CC(=O)NCCOCCN1C(=O)C=CC1=O)C(=O)NC(C)=O. The Labute approximate surface area is 161 Å². The molecule has 0 aromatic carbocycles. The fraction of sp³-hybridized carbons (Fsp3) is 0.529. The van der Waals surface area contributed by atoms with Gasteiger partial charge in [-0.1, -0.05) is 6.92 Å². The van der Waals surface area contributed by atoms with Gasteiger partial charge in [-0.3, -0.25) is 39.0 Å². The number of rotatable bonds is 11. The van der Waals surface area contributed by atoms with E-state index in [0.29, 0.717) is 0 Å². The third-order valence-electron chi connectivity index (χ3n) is 3.59. The monoisotopic (exact) mass is 396 g/mol. The zero-order valence-corrected chi connectivity index (χ0v) is 15.8. The highest BCUT2D eigenvalue weighted by Crippen LogP contribution is 2.02. The van der Waals surface area contributed by atoms with Crippen LogP contribution in [0.15, 0.2) is 12.2 Å². The van der Waals surface area contributed by atoms with Crippen LogP contribution in [-0.2, 0) is 33.5 Å². The summed E-state index contributed by atoms with van der Waals surface area (Å²) in [5.41, 5.74) is 0. The lowest BCUT2D eigenvalue weighted by molar-refractivity contribution is -0.138. The summed E-state index contributed by atoms with van der Waals surface area (Å²) in [6, 6.07) is -1.17. The molecule has 0 radical (unpaired) electrons. The minimum Gasteiger partial charge on any atom is -0.378 e. The normalized spacial score (nSPS) is 14.0. The number of hydrogen-bond acceptors (Lipinski definition) is 7. The second-order valence-electron chi connectivity index (χ2n) is 5.85. The van der Waals surface area contributed by atoms with E-state index in [4.69, 9.17) is 4.74 Å². The van der Waals surface area contributed by atoms with Crippen LogP contribution in [0.5, 0.6) is 0 Å². The minimum atomic E-state index is -1.17. The van der Waals surface area contributed by atoms with E-state index in [-0.39, 0.29) is 39.1 Å². The van der Waals surface area contributed by atoms with Crippen molar-refractivity contribution in [2.45, 2.75) is 32.7 Å². The smallest absolute Gasteiger partial charge is 0.253 e. The predicted molar refractivity (Wildman–Crippen MR) is 95.4 cm³/mol. The van der Waals surface area contributed by atoms with E-state index in [1.54, 1.807) is 6.92 Å². The lowest BCUT2D eigenvalue weighted by Gasteiger charge is -2.17. The van der Waals surface area contributed by atoms with Crippen LogP contribution in [0.25, 0.3) is 0 Å². The van der Waals surface area contributed by atoms with E-state index >= 15 is 0 Å². The first-order chi connectivity index (χ1) is 13.2. The molecule has 0 aromatic heterocycles. The zero-order chi connectivity index (χ0) is 21.1. The van der Waals surface area contributed by atoms with Gasteiger partial charge in [-0.05, 0) is 0 Å². The molecule has 0 spiro atoms. The Kier molecular flexibility index (Phi) is 9.51. The van der Waals surface area contributed by atoms with Gasteiger partial charge in [0.25, 0.3) is 11.8 Å². The molecule has 1 heterocycles. The van der Waals surface area contributed by atoms with Crippen molar-refractivity contribution in [3.8, 4) is 0 Å². The summed E-state index contributed by atoms with van der Waals surface area (Å²) in [4.78, 5) is 70.1. The van der Waals surface area contributed by atoms with Gasteiger partial charge < -0.3 is 15.4 Å². The molecule has 28 heavy (non-hydrogen) atoms. The largest absolute Gasteiger partial charge is 0.378 e. The summed E-state index contributed by atoms with van der Waals surface area (Å²) in [6.07, 6.45) is 2.14. The van der Waals surface area contributed by atoms with E-state index in [0.717, 1.165) is 11.8 Å². The molecule has 1 aliphatic rings. The van der Waals surface area contributed by atoms with Gasteiger partial charge in [0.1, 0.15) is 6.04 Å². The number of amides is 6. The fourth-order valence-electron chi connectivity index (χ4n) is 2.20. The number of carbonyl (C=O) groups excluding carboxylic acids is 6. The van der Waals surface area contributed by atoms with Crippen LogP contribution in [0.1, 0.15) is 26.7 Å². The van der Waals surface area contributed by atoms with Crippen LogP contribution < -0.4 is 16.0 Å². The molecule has 0 aliphatic carbocycles. The van der Waals surface area contributed by atoms with Gasteiger partial charge in [-0.2, -0.15) is 0 Å². The Morgan fingerprint density at radius 2 is 1.71 bits per heavy atom. The minimum absolute atomic E-state index is 0.106. The van der Waals surface area contributed by atoms with Crippen LogP contribution in [-0.4, -0.2) is 72.7 Å². The summed E-state index contributed by atoms with van der Waals surface area (Å²) in [5, 5.41) is 6.93. The molecule has 1 aliphatic heterocycles. The summed E-state index contributed by atoms with van der Waals surface area (Å²) >= 11 is 0. The Morgan fingerprint density at radius 1 is 1.07 bits per heavy atom. The maximum Gasteiger partial charge on any atom is 0.253 e. The fourth-order valence-corrected chi connectivity index (χ4v) is 2.20. The lowest BCUT2D eigenvalue weighted by atomic mass is 10.1. The van der Waals surface area contributed by atoms with Gasteiger partial charge in [-0.15, -0.1) is 0 Å². The molecule has 0 saturated carbocycles. The molecule has 11 heteroatoms. The molecule has 0 fully saturated rings. The van der Waals surface area contributed by atoms with Crippen LogP contribution in [0.4, 0.5) is 0 Å². The molecule has 0 aromatic rings. The number of carbonyl (C=O) groups is 6. The number of nitrogens with zero attached hydrogens (tertiary/aromatic N) is 1. The van der Waals surface area contributed by atoms with Crippen molar-refractivity contribution in [2.24, 2.45) is 0 Å². The summed E-state index contributed by atoms with van der Waals surface area (Å²) in [7, 11) is 0. The summed E-state index contributed by atoms with van der Waals surface area (Å²) in [5.74, 6) is -3.11. The maximum atomic E-state index is 12.0. The van der Waals surface area contributed by atoms with Crippen molar-refractivity contribution < 1.29 is 33.5 Å². The summed E-state index contributed by atoms with van der Waals surface area (Å²) in [6.45, 7) is 3.21. The zero-order valence-electron chi connectivity index (χ0n) is 15.8.